The number of pyridine rings is 1. The van der Waals surface area contributed by atoms with Gasteiger partial charge in [-0.3, -0.25) is 9.59 Å². The van der Waals surface area contributed by atoms with Crippen LogP contribution in [0.4, 0.5) is 4.79 Å². The number of nitrogens with zero attached hydrogens (tertiary/aromatic N) is 3. The molecule has 0 spiro atoms. The second-order valence-corrected chi connectivity index (χ2v) is 7.82. The molecule has 0 unspecified atom stereocenters. The third-order valence-electron chi connectivity index (χ3n) is 4.97. The van der Waals surface area contributed by atoms with Crippen molar-refractivity contribution in [3.63, 3.8) is 0 Å². The summed E-state index contributed by atoms with van der Waals surface area (Å²) < 4.78 is 3.67. The minimum absolute atomic E-state index is 0.195. The highest BCUT2D eigenvalue weighted by molar-refractivity contribution is 5.87. The van der Waals surface area contributed by atoms with Crippen LogP contribution in [-0.2, 0) is 25.7 Å². The van der Waals surface area contributed by atoms with E-state index in [9.17, 15) is 29.1 Å². The lowest BCUT2D eigenvalue weighted by molar-refractivity contribution is -0.695. The van der Waals surface area contributed by atoms with E-state index in [-0.39, 0.29) is 25.3 Å². The minimum atomic E-state index is -1.49. The summed E-state index contributed by atoms with van der Waals surface area (Å²) in [5.41, 5.74) is 0. The maximum absolute atomic E-state index is 12.1. The van der Waals surface area contributed by atoms with E-state index in [0.717, 1.165) is 5.82 Å². The Kier molecular flexibility index (Phi) is 11.2. The highest BCUT2D eigenvalue weighted by Crippen LogP contribution is 2.01. The summed E-state index contributed by atoms with van der Waals surface area (Å²) in [6.07, 6.45) is 9.48. The average Bonchev–Trinajstić information content (AvgIpc) is 3.33. The van der Waals surface area contributed by atoms with E-state index in [1.807, 2.05) is 51.4 Å². The van der Waals surface area contributed by atoms with E-state index in [4.69, 9.17) is 10.2 Å². The van der Waals surface area contributed by atoms with Crippen LogP contribution in [-0.4, -0.2) is 73.3 Å². The summed E-state index contributed by atoms with van der Waals surface area (Å²) >= 11 is 0. The second kappa shape index (κ2) is 14.6. The maximum atomic E-state index is 12.1. The summed E-state index contributed by atoms with van der Waals surface area (Å²) in [6, 6.07) is 1.53. The zero-order chi connectivity index (χ0) is 27.2. The first kappa shape index (κ1) is 28.5. The molecule has 198 valence electrons. The van der Waals surface area contributed by atoms with Crippen molar-refractivity contribution in [2.45, 2.75) is 44.3 Å². The molecule has 0 aliphatic heterocycles. The maximum Gasteiger partial charge on any atom is 0.330 e. The van der Waals surface area contributed by atoms with Gasteiger partial charge in [-0.05, 0) is 18.9 Å². The summed E-state index contributed by atoms with van der Waals surface area (Å²) in [5, 5.41) is 33.8. The Morgan fingerprint density at radius 3 is 2.49 bits per heavy atom. The molecule has 0 aliphatic carbocycles. The van der Waals surface area contributed by atoms with Gasteiger partial charge in [-0.15, -0.1) is 0 Å². The number of carboxylic acid groups (broad SMARTS) is 3. The van der Waals surface area contributed by atoms with Gasteiger partial charge in [0.25, 0.3) is 0 Å². The minimum Gasteiger partial charge on any atom is -0.481 e. The van der Waals surface area contributed by atoms with Gasteiger partial charge in [0, 0.05) is 25.2 Å². The lowest BCUT2D eigenvalue weighted by Crippen LogP contribution is -2.50. The number of aromatic nitrogens is 3. The average molecular weight is 518 g/mol. The largest absolute Gasteiger partial charge is 0.481 e. The second-order valence-electron chi connectivity index (χ2n) is 7.82. The molecule has 37 heavy (non-hydrogen) atoms. The molecule has 0 saturated carbocycles. The standard InChI is InChI=1S/C23H28N6O8/c30-19(9-12-28-13-14-29(15-28)18-6-2-4-10-24-18)25-11-3-1-5-16(21(33)34)26-23(37)27-17(22(35)36)7-8-20(31)32/h1-2,4-6,10,13-17H,3,7-9,11-12H2,(H5-,25,26,27,30,31,32,33,34,35,36,37)/p+1/b5-1+/t16-,17-/m0/s1. The molecule has 2 rings (SSSR count). The number of carboxylic acids is 3. The molecule has 0 fully saturated rings. The first-order chi connectivity index (χ1) is 17.7. The first-order valence-electron chi connectivity index (χ1n) is 11.3. The Morgan fingerprint density at radius 2 is 1.84 bits per heavy atom. The number of aliphatic carboxylic acids is 3. The number of carbonyl (C=O) groups excluding carboxylic acids is 2. The van der Waals surface area contributed by atoms with Gasteiger partial charge in [0.15, 0.2) is 0 Å². The van der Waals surface area contributed by atoms with E-state index in [0.29, 0.717) is 13.0 Å². The normalized spacial score (nSPS) is 12.4. The summed E-state index contributed by atoms with van der Waals surface area (Å²) in [5.74, 6) is -3.50. The molecule has 2 aromatic rings. The fourth-order valence-electron chi connectivity index (χ4n) is 3.07. The number of aryl methyl sites for hydroxylation is 1. The van der Waals surface area contributed by atoms with Gasteiger partial charge in [0.05, 0.1) is 13.0 Å². The third kappa shape index (κ3) is 10.6. The Hall–Kier alpha value is -4.75. The number of imidazole rings is 1. The summed E-state index contributed by atoms with van der Waals surface area (Å²) in [4.78, 5) is 61.4. The molecule has 2 heterocycles. The monoisotopic (exact) mass is 517 g/mol. The van der Waals surface area contributed by atoms with Crippen LogP contribution >= 0.6 is 0 Å². The van der Waals surface area contributed by atoms with Gasteiger partial charge in [0.1, 0.15) is 24.5 Å². The van der Waals surface area contributed by atoms with Crippen LogP contribution in [0, 0.1) is 0 Å². The lowest BCUT2D eigenvalue weighted by atomic mass is 10.1. The molecule has 0 bridgehead atoms. The van der Waals surface area contributed by atoms with Crippen molar-refractivity contribution >= 4 is 29.8 Å². The Labute approximate surface area is 211 Å². The van der Waals surface area contributed by atoms with E-state index < -0.39 is 42.4 Å². The van der Waals surface area contributed by atoms with Crippen LogP contribution in [0.5, 0.6) is 0 Å². The molecule has 14 nitrogen and oxygen atoms in total. The van der Waals surface area contributed by atoms with Crippen molar-refractivity contribution in [3.8, 4) is 5.82 Å². The number of urea groups is 1. The number of rotatable bonds is 15. The van der Waals surface area contributed by atoms with E-state index in [2.05, 4.69) is 15.6 Å². The van der Waals surface area contributed by atoms with E-state index >= 15 is 0 Å². The molecule has 0 aliphatic rings. The fourth-order valence-corrected chi connectivity index (χ4v) is 3.07. The van der Waals surface area contributed by atoms with Crippen molar-refractivity contribution in [1.29, 1.82) is 0 Å². The van der Waals surface area contributed by atoms with Crippen LogP contribution < -0.4 is 20.5 Å². The third-order valence-corrected chi connectivity index (χ3v) is 4.97. The number of hydrogen-bond donors (Lipinski definition) is 6. The Balaban J connectivity index is 1.72. The van der Waals surface area contributed by atoms with E-state index in [1.54, 1.807) is 6.20 Å². The summed E-state index contributed by atoms with van der Waals surface area (Å²) in [6.45, 7) is 0.690. The van der Waals surface area contributed by atoms with Gasteiger partial charge >= 0.3 is 23.9 Å². The van der Waals surface area contributed by atoms with Crippen LogP contribution in [0.2, 0.25) is 0 Å². The van der Waals surface area contributed by atoms with Crippen molar-refractivity contribution in [2.75, 3.05) is 6.54 Å². The molecule has 6 N–H and O–H groups in total. The van der Waals surface area contributed by atoms with Crippen molar-refractivity contribution in [1.82, 2.24) is 25.5 Å². The smallest absolute Gasteiger partial charge is 0.330 e. The number of amides is 3. The SMILES string of the molecule is O=C(O)CC[C@H](NC(=O)N[C@@H](/C=C/CCNC(=O)CC[n+]1ccn(-c2ccccn2)c1)C(=O)O)C(=O)O. The van der Waals surface area contributed by atoms with Gasteiger partial charge in [0.2, 0.25) is 18.1 Å². The first-order valence-corrected chi connectivity index (χ1v) is 11.3. The molecule has 3 amide bonds. The number of nitrogens with one attached hydrogen (secondary N) is 3. The van der Waals surface area contributed by atoms with Gasteiger partial charge in [-0.1, -0.05) is 18.2 Å². The van der Waals surface area contributed by atoms with Gasteiger partial charge in [-0.2, -0.15) is 4.57 Å². The predicted molar refractivity (Wildman–Crippen MR) is 127 cm³/mol. The highest BCUT2D eigenvalue weighted by Gasteiger charge is 2.23. The van der Waals surface area contributed by atoms with Crippen molar-refractivity contribution < 1.29 is 43.9 Å². The molecular formula is C23H29N6O8+. The van der Waals surface area contributed by atoms with Crippen molar-refractivity contribution in [3.05, 3.63) is 55.3 Å². The fraction of sp³-hybridized carbons (Fsp3) is 0.348. The molecule has 0 radical (unpaired) electrons. The number of carbonyl (C=O) groups is 5. The zero-order valence-corrected chi connectivity index (χ0v) is 19.8. The molecule has 2 atom stereocenters. The van der Waals surface area contributed by atoms with Gasteiger partial charge in [-0.25, -0.2) is 23.9 Å². The zero-order valence-electron chi connectivity index (χ0n) is 19.8. The molecule has 14 heteroatoms. The van der Waals surface area contributed by atoms with Crippen LogP contribution in [0.25, 0.3) is 5.82 Å². The predicted octanol–water partition coefficient (Wildman–Crippen LogP) is -0.317. The molecule has 0 aromatic carbocycles. The van der Waals surface area contributed by atoms with Gasteiger partial charge < -0.3 is 31.3 Å². The van der Waals surface area contributed by atoms with E-state index in [1.165, 1.54) is 12.2 Å². The number of hydrogen-bond acceptors (Lipinski definition) is 6. The Bertz CT molecular complexity index is 1120. The van der Waals surface area contributed by atoms with Crippen LogP contribution in [0.3, 0.4) is 0 Å². The van der Waals surface area contributed by atoms with Crippen LogP contribution in [0.1, 0.15) is 25.7 Å². The highest BCUT2D eigenvalue weighted by atomic mass is 16.4. The lowest BCUT2D eigenvalue weighted by Gasteiger charge is -2.16. The van der Waals surface area contributed by atoms with Crippen molar-refractivity contribution in [2.24, 2.45) is 0 Å². The summed E-state index contributed by atoms with van der Waals surface area (Å²) in [7, 11) is 0. The molecular weight excluding hydrogens is 488 g/mol. The molecule has 2 aromatic heterocycles. The Morgan fingerprint density at radius 1 is 1.05 bits per heavy atom. The topological polar surface area (TPSA) is 204 Å². The molecule has 0 saturated heterocycles. The quantitative estimate of drug-likeness (QED) is 0.104. The van der Waals surface area contributed by atoms with Crippen LogP contribution in [0.15, 0.2) is 55.3 Å².